The van der Waals surface area contributed by atoms with Crippen LogP contribution in [0.4, 0.5) is 5.95 Å². The smallest absolute Gasteiger partial charge is 0.260 e. The zero-order valence-corrected chi connectivity index (χ0v) is 12.1. The number of amides is 1. The van der Waals surface area contributed by atoms with Gasteiger partial charge in [0, 0.05) is 5.69 Å². The van der Waals surface area contributed by atoms with E-state index >= 15 is 0 Å². The molecule has 94 valence electrons. The van der Waals surface area contributed by atoms with Gasteiger partial charge in [-0.1, -0.05) is 34.8 Å². The van der Waals surface area contributed by atoms with Gasteiger partial charge in [0.25, 0.3) is 5.91 Å². The first-order valence-corrected chi connectivity index (χ1v) is 6.68. The Morgan fingerprint density at radius 1 is 1.28 bits per heavy atom. The molecular weight excluding hydrogens is 317 g/mol. The maximum Gasteiger partial charge on any atom is 0.260 e. The Labute approximate surface area is 122 Å². The van der Waals surface area contributed by atoms with Gasteiger partial charge >= 0.3 is 0 Å². The number of aromatic nitrogens is 2. The zero-order chi connectivity index (χ0) is 13.3. The van der Waals surface area contributed by atoms with Crippen LogP contribution in [0, 0.1) is 6.92 Å². The molecule has 0 aliphatic carbocycles. The molecule has 2 aromatic heterocycles. The van der Waals surface area contributed by atoms with E-state index in [1.165, 1.54) is 6.07 Å². The van der Waals surface area contributed by atoms with Crippen molar-refractivity contribution in [3.05, 3.63) is 37.2 Å². The molecule has 0 saturated heterocycles. The molecule has 18 heavy (non-hydrogen) atoms. The topological polar surface area (TPSA) is 54.9 Å². The Morgan fingerprint density at radius 2 is 2.00 bits per heavy atom. The minimum atomic E-state index is -0.426. The van der Waals surface area contributed by atoms with Crippen molar-refractivity contribution in [3.8, 4) is 0 Å². The molecule has 8 heteroatoms. The molecule has 0 spiro atoms. The van der Waals surface area contributed by atoms with Gasteiger partial charge < -0.3 is 0 Å². The fraction of sp³-hybridized carbons (Fsp3) is 0.100. The normalized spacial score (nSPS) is 10.4. The minimum Gasteiger partial charge on any atom is -0.290 e. The van der Waals surface area contributed by atoms with Gasteiger partial charge in [0.15, 0.2) is 0 Å². The minimum absolute atomic E-state index is 0.128. The molecular formula is C10H6Cl3N3OS. The van der Waals surface area contributed by atoms with Gasteiger partial charge in [-0.2, -0.15) is 0 Å². The Morgan fingerprint density at radius 3 is 2.56 bits per heavy atom. The highest BCUT2D eigenvalue weighted by molar-refractivity contribution is 7.20. The number of anilines is 1. The lowest BCUT2D eigenvalue weighted by atomic mass is 10.3. The second-order valence-corrected chi connectivity index (χ2v) is 6.02. The van der Waals surface area contributed by atoms with E-state index in [2.05, 4.69) is 15.3 Å². The molecule has 0 aliphatic heterocycles. The Balaban J connectivity index is 2.23. The van der Waals surface area contributed by atoms with Crippen molar-refractivity contribution >= 4 is 58.0 Å². The molecule has 0 atom stereocenters. The van der Waals surface area contributed by atoms with Crippen LogP contribution in [0.2, 0.25) is 13.8 Å². The number of nitrogens with zero attached hydrogens (tertiary/aromatic N) is 2. The predicted molar refractivity (Wildman–Crippen MR) is 74.1 cm³/mol. The van der Waals surface area contributed by atoms with Crippen molar-refractivity contribution in [2.45, 2.75) is 6.92 Å². The van der Waals surface area contributed by atoms with Crippen molar-refractivity contribution in [1.29, 1.82) is 0 Å². The van der Waals surface area contributed by atoms with Gasteiger partial charge in [0.2, 0.25) is 5.95 Å². The highest BCUT2D eigenvalue weighted by Gasteiger charge is 2.15. The monoisotopic (exact) mass is 321 g/mol. The average molecular weight is 323 g/mol. The van der Waals surface area contributed by atoms with Crippen molar-refractivity contribution in [1.82, 2.24) is 9.97 Å². The summed E-state index contributed by atoms with van der Waals surface area (Å²) in [7, 11) is 0. The molecule has 0 aromatic carbocycles. The number of carbonyl (C=O) groups is 1. The largest absolute Gasteiger partial charge is 0.290 e. The molecule has 0 unspecified atom stereocenters. The molecule has 0 bridgehead atoms. The fourth-order valence-corrected chi connectivity index (χ4v) is 2.95. The van der Waals surface area contributed by atoms with Gasteiger partial charge in [-0.25, -0.2) is 9.97 Å². The molecule has 0 radical (unpaired) electrons. The van der Waals surface area contributed by atoms with Crippen LogP contribution in [0.1, 0.15) is 16.1 Å². The molecule has 1 amide bonds. The average Bonchev–Trinajstić information content (AvgIpc) is 2.56. The first kappa shape index (κ1) is 13.5. The van der Waals surface area contributed by atoms with Crippen LogP contribution in [0.25, 0.3) is 0 Å². The summed E-state index contributed by atoms with van der Waals surface area (Å²) in [6.45, 7) is 1.75. The van der Waals surface area contributed by atoms with Crippen LogP contribution in [0.15, 0.2) is 12.1 Å². The van der Waals surface area contributed by atoms with E-state index in [0.29, 0.717) is 14.4 Å². The van der Waals surface area contributed by atoms with Crippen LogP contribution in [0.3, 0.4) is 0 Å². The van der Waals surface area contributed by atoms with E-state index in [1.807, 2.05) is 0 Å². The number of hydrogen-bond acceptors (Lipinski definition) is 4. The maximum atomic E-state index is 11.9. The summed E-state index contributed by atoms with van der Waals surface area (Å²) < 4.78 is 0.754. The Bertz CT molecular complexity index is 594. The molecule has 0 aliphatic rings. The Kier molecular flexibility index (Phi) is 4.07. The molecule has 2 aromatic rings. The predicted octanol–water partition coefficient (Wildman–Crippen LogP) is 4.06. The standard InChI is InChI=1S/C10H6Cl3N3OS/c1-4-2-6(11)15-10(14-4)16-9(17)5-3-7(12)18-8(5)13/h2-3H,1H3,(H,14,15,16,17). The lowest BCUT2D eigenvalue weighted by Gasteiger charge is -2.03. The van der Waals surface area contributed by atoms with Crippen molar-refractivity contribution in [2.75, 3.05) is 5.32 Å². The SMILES string of the molecule is Cc1cc(Cl)nc(NC(=O)c2cc(Cl)sc2Cl)n1. The van der Waals surface area contributed by atoms with Gasteiger partial charge in [-0.3, -0.25) is 10.1 Å². The fourth-order valence-electron chi connectivity index (χ4n) is 1.25. The lowest BCUT2D eigenvalue weighted by molar-refractivity contribution is 0.102. The van der Waals surface area contributed by atoms with Crippen LogP contribution < -0.4 is 5.32 Å². The van der Waals surface area contributed by atoms with Crippen molar-refractivity contribution < 1.29 is 4.79 Å². The molecule has 1 N–H and O–H groups in total. The number of thiophene rings is 1. The van der Waals surface area contributed by atoms with Gasteiger partial charge in [0.05, 0.1) is 9.90 Å². The zero-order valence-electron chi connectivity index (χ0n) is 9.00. The highest BCUT2D eigenvalue weighted by atomic mass is 35.5. The van der Waals surface area contributed by atoms with Crippen LogP contribution in [-0.2, 0) is 0 Å². The summed E-state index contributed by atoms with van der Waals surface area (Å²) >= 11 is 18.5. The summed E-state index contributed by atoms with van der Waals surface area (Å²) in [5.74, 6) is -0.298. The quantitative estimate of drug-likeness (QED) is 0.848. The van der Waals surface area contributed by atoms with E-state index in [9.17, 15) is 4.79 Å². The van der Waals surface area contributed by atoms with Crippen molar-refractivity contribution in [3.63, 3.8) is 0 Å². The summed E-state index contributed by atoms with van der Waals surface area (Å²) in [5, 5.41) is 2.77. The molecule has 2 rings (SSSR count). The molecule has 4 nitrogen and oxygen atoms in total. The third kappa shape index (κ3) is 3.11. The summed E-state index contributed by atoms with van der Waals surface area (Å²) in [6.07, 6.45) is 0. The van der Waals surface area contributed by atoms with E-state index in [0.717, 1.165) is 11.3 Å². The second kappa shape index (κ2) is 5.40. The van der Waals surface area contributed by atoms with E-state index in [-0.39, 0.29) is 16.7 Å². The molecule has 0 fully saturated rings. The number of hydrogen-bond donors (Lipinski definition) is 1. The Hall–Kier alpha value is -0.880. The highest BCUT2D eigenvalue weighted by Crippen LogP contribution is 2.31. The number of halogens is 3. The number of rotatable bonds is 2. The first-order chi connectivity index (χ1) is 8.45. The van der Waals surface area contributed by atoms with Crippen molar-refractivity contribution in [2.24, 2.45) is 0 Å². The number of aryl methyl sites for hydroxylation is 1. The van der Waals surface area contributed by atoms with Gasteiger partial charge in [-0.05, 0) is 19.1 Å². The maximum absolute atomic E-state index is 11.9. The first-order valence-electron chi connectivity index (χ1n) is 4.73. The lowest BCUT2D eigenvalue weighted by Crippen LogP contribution is -2.14. The molecule has 0 saturated carbocycles. The number of nitrogens with one attached hydrogen (secondary N) is 1. The molecule has 2 heterocycles. The van der Waals surface area contributed by atoms with Crippen LogP contribution in [0.5, 0.6) is 0 Å². The van der Waals surface area contributed by atoms with Gasteiger partial charge in [-0.15, -0.1) is 11.3 Å². The van der Waals surface area contributed by atoms with Crippen LogP contribution in [-0.4, -0.2) is 15.9 Å². The van der Waals surface area contributed by atoms with Gasteiger partial charge in [0.1, 0.15) is 9.49 Å². The summed E-state index contributed by atoms with van der Waals surface area (Å²) in [4.78, 5) is 19.8. The van der Waals surface area contributed by atoms with E-state index < -0.39 is 5.91 Å². The third-order valence-corrected chi connectivity index (χ3v) is 3.63. The number of carbonyl (C=O) groups excluding carboxylic acids is 1. The van der Waals surface area contributed by atoms with Crippen LogP contribution >= 0.6 is 46.1 Å². The summed E-state index contributed by atoms with van der Waals surface area (Å²) in [5.41, 5.74) is 0.938. The third-order valence-electron chi connectivity index (χ3n) is 1.95. The second-order valence-electron chi connectivity index (χ2n) is 3.35. The summed E-state index contributed by atoms with van der Waals surface area (Å²) in [6, 6.07) is 3.08. The van der Waals surface area contributed by atoms with E-state index in [4.69, 9.17) is 34.8 Å². The van der Waals surface area contributed by atoms with E-state index in [1.54, 1.807) is 13.0 Å².